The van der Waals surface area contributed by atoms with Crippen LogP contribution >= 0.6 is 23.2 Å². The maximum Gasteiger partial charge on any atom is 0.103 e. The molecule has 0 radical (unpaired) electrons. The number of rotatable bonds is 3. The van der Waals surface area contributed by atoms with Gasteiger partial charge in [0.1, 0.15) is 6.07 Å². The van der Waals surface area contributed by atoms with E-state index in [1.54, 1.807) is 18.2 Å². The third kappa shape index (κ3) is 2.98. The van der Waals surface area contributed by atoms with Gasteiger partial charge in [0, 0.05) is 24.3 Å². The van der Waals surface area contributed by atoms with Gasteiger partial charge in [-0.25, -0.2) is 0 Å². The van der Waals surface area contributed by atoms with Gasteiger partial charge in [0.15, 0.2) is 0 Å². The van der Waals surface area contributed by atoms with Crippen LogP contribution in [0.4, 0.5) is 11.4 Å². The first-order valence-electron chi connectivity index (χ1n) is 5.96. The van der Waals surface area contributed by atoms with Crippen molar-refractivity contribution in [3.63, 3.8) is 0 Å². The first-order chi connectivity index (χ1) is 9.52. The highest BCUT2D eigenvalue weighted by Gasteiger charge is 2.12. The molecular weight excluding hydrogens is 293 g/mol. The molecule has 0 aromatic heterocycles. The van der Waals surface area contributed by atoms with Crippen LogP contribution in [0.1, 0.15) is 11.1 Å². The molecule has 0 saturated carbocycles. The van der Waals surface area contributed by atoms with Crippen LogP contribution < -0.4 is 10.6 Å². The molecule has 0 spiro atoms. The van der Waals surface area contributed by atoms with Crippen LogP contribution in [0.5, 0.6) is 0 Å². The average molecular weight is 306 g/mol. The molecule has 0 unspecified atom stereocenters. The van der Waals surface area contributed by atoms with E-state index < -0.39 is 0 Å². The molecule has 0 amide bonds. The Morgan fingerprint density at radius 2 is 1.95 bits per heavy atom. The van der Waals surface area contributed by atoms with E-state index in [1.807, 2.05) is 30.1 Å². The summed E-state index contributed by atoms with van der Waals surface area (Å²) in [4.78, 5) is 1.92. The SMILES string of the molecule is CN(Cc1cc(N)ccc1Cl)c1cccc(Cl)c1C#N. The molecule has 3 nitrogen and oxygen atoms in total. The van der Waals surface area contributed by atoms with Gasteiger partial charge >= 0.3 is 0 Å². The Morgan fingerprint density at radius 3 is 2.65 bits per heavy atom. The summed E-state index contributed by atoms with van der Waals surface area (Å²) in [6, 6.07) is 12.8. The van der Waals surface area contributed by atoms with Crippen LogP contribution in [-0.2, 0) is 6.54 Å². The first kappa shape index (κ1) is 14.5. The number of anilines is 2. The Balaban J connectivity index is 2.34. The molecule has 20 heavy (non-hydrogen) atoms. The molecule has 2 aromatic carbocycles. The van der Waals surface area contributed by atoms with Crippen molar-refractivity contribution < 1.29 is 0 Å². The number of halogens is 2. The summed E-state index contributed by atoms with van der Waals surface area (Å²) in [6.07, 6.45) is 0. The lowest BCUT2D eigenvalue weighted by atomic mass is 10.1. The van der Waals surface area contributed by atoms with Crippen molar-refractivity contribution in [1.29, 1.82) is 5.26 Å². The average Bonchev–Trinajstić information content (AvgIpc) is 2.42. The van der Waals surface area contributed by atoms with Crippen LogP contribution in [0, 0.1) is 11.3 Å². The molecule has 0 atom stereocenters. The van der Waals surface area contributed by atoms with E-state index in [0.29, 0.717) is 27.8 Å². The second-order valence-electron chi connectivity index (χ2n) is 4.45. The minimum absolute atomic E-state index is 0.440. The molecule has 102 valence electrons. The van der Waals surface area contributed by atoms with E-state index in [2.05, 4.69) is 6.07 Å². The predicted octanol–water partition coefficient (Wildman–Crippen LogP) is 4.08. The standard InChI is InChI=1S/C15H13Cl2N3/c1-20(9-10-7-11(19)5-6-13(10)16)15-4-2-3-14(17)12(15)8-18/h2-7H,9,19H2,1H3. The van der Waals surface area contributed by atoms with Gasteiger partial charge < -0.3 is 10.6 Å². The van der Waals surface area contributed by atoms with Crippen LogP contribution in [0.25, 0.3) is 0 Å². The van der Waals surface area contributed by atoms with Crippen molar-refractivity contribution in [2.75, 3.05) is 17.7 Å². The Kier molecular flexibility index (Phi) is 4.39. The normalized spacial score (nSPS) is 10.1. The zero-order chi connectivity index (χ0) is 14.7. The fourth-order valence-electron chi connectivity index (χ4n) is 2.00. The molecule has 5 heteroatoms. The van der Waals surface area contributed by atoms with Crippen molar-refractivity contribution in [2.45, 2.75) is 6.54 Å². The number of hydrogen-bond donors (Lipinski definition) is 1. The van der Waals surface area contributed by atoms with Crippen LogP contribution in [0.3, 0.4) is 0 Å². The summed E-state index contributed by atoms with van der Waals surface area (Å²) in [6.45, 7) is 0.541. The quantitative estimate of drug-likeness (QED) is 0.869. The topological polar surface area (TPSA) is 53.0 Å². The summed E-state index contributed by atoms with van der Waals surface area (Å²) in [5, 5.41) is 10.3. The van der Waals surface area contributed by atoms with E-state index in [0.717, 1.165) is 11.3 Å². The molecule has 0 aliphatic rings. The molecule has 0 aliphatic heterocycles. The second-order valence-corrected chi connectivity index (χ2v) is 5.27. The summed E-state index contributed by atoms with van der Waals surface area (Å²) < 4.78 is 0. The van der Waals surface area contributed by atoms with Gasteiger partial charge in [0.2, 0.25) is 0 Å². The summed E-state index contributed by atoms with van der Waals surface area (Å²) in [5.41, 5.74) is 8.55. The largest absolute Gasteiger partial charge is 0.399 e. The number of nitrogen functional groups attached to an aromatic ring is 1. The fraction of sp³-hybridized carbons (Fsp3) is 0.133. The van der Waals surface area contributed by atoms with Crippen molar-refractivity contribution in [3.05, 3.63) is 57.6 Å². The Labute approximate surface area is 128 Å². The van der Waals surface area contributed by atoms with Crippen molar-refractivity contribution in [3.8, 4) is 6.07 Å². The van der Waals surface area contributed by atoms with E-state index in [-0.39, 0.29) is 0 Å². The van der Waals surface area contributed by atoms with E-state index in [4.69, 9.17) is 28.9 Å². The van der Waals surface area contributed by atoms with Gasteiger partial charge in [0.05, 0.1) is 16.3 Å². The Morgan fingerprint density at radius 1 is 1.20 bits per heavy atom. The minimum atomic E-state index is 0.440. The third-order valence-corrected chi connectivity index (χ3v) is 3.68. The highest BCUT2D eigenvalue weighted by Crippen LogP contribution is 2.28. The van der Waals surface area contributed by atoms with Gasteiger partial charge in [-0.1, -0.05) is 29.3 Å². The molecule has 2 aromatic rings. The predicted molar refractivity (Wildman–Crippen MR) is 84.1 cm³/mol. The first-order valence-corrected chi connectivity index (χ1v) is 6.72. The maximum atomic E-state index is 9.21. The smallest absolute Gasteiger partial charge is 0.103 e. The zero-order valence-electron chi connectivity index (χ0n) is 10.9. The van der Waals surface area contributed by atoms with Gasteiger partial charge in [-0.2, -0.15) is 5.26 Å². The summed E-state index contributed by atoms with van der Waals surface area (Å²) >= 11 is 12.2. The maximum absolute atomic E-state index is 9.21. The molecule has 0 bridgehead atoms. The van der Waals surface area contributed by atoms with Crippen LogP contribution in [0.15, 0.2) is 36.4 Å². The van der Waals surface area contributed by atoms with Crippen molar-refractivity contribution in [2.24, 2.45) is 0 Å². The van der Waals surface area contributed by atoms with Crippen molar-refractivity contribution in [1.82, 2.24) is 0 Å². The summed E-state index contributed by atoms with van der Waals surface area (Å²) in [7, 11) is 1.88. The number of nitriles is 1. The molecule has 0 saturated heterocycles. The van der Waals surface area contributed by atoms with E-state index >= 15 is 0 Å². The zero-order valence-corrected chi connectivity index (χ0v) is 12.4. The Hall–Kier alpha value is -1.89. The number of benzene rings is 2. The van der Waals surface area contributed by atoms with E-state index in [9.17, 15) is 5.26 Å². The van der Waals surface area contributed by atoms with Gasteiger partial charge in [0.25, 0.3) is 0 Å². The Bertz CT molecular complexity index is 677. The lowest BCUT2D eigenvalue weighted by Crippen LogP contribution is -2.18. The molecule has 0 aliphatic carbocycles. The van der Waals surface area contributed by atoms with Crippen LogP contribution in [-0.4, -0.2) is 7.05 Å². The van der Waals surface area contributed by atoms with Crippen LogP contribution in [0.2, 0.25) is 10.0 Å². The summed E-state index contributed by atoms with van der Waals surface area (Å²) in [5.74, 6) is 0. The van der Waals surface area contributed by atoms with E-state index in [1.165, 1.54) is 0 Å². The number of hydrogen-bond acceptors (Lipinski definition) is 3. The molecule has 2 rings (SSSR count). The van der Waals surface area contributed by atoms with Gasteiger partial charge in [-0.3, -0.25) is 0 Å². The van der Waals surface area contributed by atoms with Crippen molar-refractivity contribution >= 4 is 34.6 Å². The fourth-order valence-corrected chi connectivity index (χ4v) is 2.39. The lowest BCUT2D eigenvalue weighted by molar-refractivity contribution is 0.921. The third-order valence-electron chi connectivity index (χ3n) is 2.99. The minimum Gasteiger partial charge on any atom is -0.399 e. The lowest BCUT2D eigenvalue weighted by Gasteiger charge is -2.21. The molecule has 0 fully saturated rings. The highest BCUT2D eigenvalue weighted by molar-refractivity contribution is 6.32. The highest BCUT2D eigenvalue weighted by atomic mass is 35.5. The number of nitrogens with two attached hydrogens (primary N) is 1. The number of nitrogens with zero attached hydrogens (tertiary/aromatic N) is 2. The van der Waals surface area contributed by atoms with Gasteiger partial charge in [-0.05, 0) is 35.9 Å². The molecule has 2 N–H and O–H groups in total. The monoisotopic (exact) mass is 305 g/mol. The molecular formula is C15H13Cl2N3. The van der Waals surface area contributed by atoms with Gasteiger partial charge in [-0.15, -0.1) is 0 Å². The molecule has 0 heterocycles. The second kappa shape index (κ2) is 6.04.